The van der Waals surface area contributed by atoms with Gasteiger partial charge >= 0.3 is 0 Å². The standard InChI is InChI=1S/C14H20Cl2N2O3S2/c1-10(22-13-9-11(15)5-6-12(13)16)14(19)17-7-4-8-18(2)23(3,20)21/h5-6,9-10H,4,7-8H2,1-3H3,(H,17,19)/t10-/m0/s1. The number of hydrogen-bond donors (Lipinski definition) is 1. The van der Waals surface area contributed by atoms with Crippen LogP contribution in [0, 0.1) is 0 Å². The van der Waals surface area contributed by atoms with E-state index < -0.39 is 10.0 Å². The molecular formula is C14H20Cl2N2O3S2. The first kappa shape index (κ1) is 20.6. The fourth-order valence-electron chi connectivity index (χ4n) is 1.63. The highest BCUT2D eigenvalue weighted by Gasteiger charge is 2.16. The smallest absolute Gasteiger partial charge is 0.233 e. The summed E-state index contributed by atoms with van der Waals surface area (Å²) in [4.78, 5) is 12.8. The van der Waals surface area contributed by atoms with E-state index in [0.29, 0.717) is 29.6 Å². The summed E-state index contributed by atoms with van der Waals surface area (Å²) >= 11 is 13.3. The number of thioether (sulfide) groups is 1. The van der Waals surface area contributed by atoms with Crippen LogP contribution in [0.3, 0.4) is 0 Å². The van der Waals surface area contributed by atoms with Crippen molar-refractivity contribution in [3.63, 3.8) is 0 Å². The van der Waals surface area contributed by atoms with Crippen LogP contribution in [-0.2, 0) is 14.8 Å². The molecule has 0 heterocycles. The highest BCUT2D eigenvalue weighted by atomic mass is 35.5. The molecule has 1 rings (SSSR count). The van der Waals surface area contributed by atoms with Gasteiger partial charge in [0.05, 0.1) is 16.5 Å². The van der Waals surface area contributed by atoms with E-state index in [2.05, 4.69) is 5.32 Å². The summed E-state index contributed by atoms with van der Waals surface area (Å²) in [5, 5.41) is 3.56. The summed E-state index contributed by atoms with van der Waals surface area (Å²) in [7, 11) is -1.67. The predicted octanol–water partition coefficient (Wildman–Crippen LogP) is 2.87. The molecule has 0 aliphatic heterocycles. The average Bonchev–Trinajstić information content (AvgIpc) is 2.45. The molecule has 0 aliphatic rings. The van der Waals surface area contributed by atoms with E-state index >= 15 is 0 Å². The largest absolute Gasteiger partial charge is 0.355 e. The van der Waals surface area contributed by atoms with E-state index in [0.717, 1.165) is 11.2 Å². The molecule has 0 radical (unpaired) electrons. The maximum Gasteiger partial charge on any atom is 0.233 e. The highest BCUT2D eigenvalue weighted by Crippen LogP contribution is 2.32. The number of nitrogens with zero attached hydrogens (tertiary/aromatic N) is 1. The van der Waals surface area contributed by atoms with Crippen LogP contribution in [0.1, 0.15) is 13.3 Å². The van der Waals surface area contributed by atoms with Crippen molar-refractivity contribution >= 4 is 50.9 Å². The molecule has 0 aliphatic carbocycles. The number of hydrogen-bond acceptors (Lipinski definition) is 4. The first-order chi connectivity index (χ1) is 10.6. The SMILES string of the molecule is C[C@H](Sc1cc(Cl)ccc1Cl)C(=O)NCCCN(C)S(C)(=O)=O. The number of benzene rings is 1. The first-order valence-electron chi connectivity index (χ1n) is 6.92. The van der Waals surface area contributed by atoms with Gasteiger partial charge in [0.2, 0.25) is 15.9 Å². The zero-order valence-electron chi connectivity index (χ0n) is 13.2. The Bertz CT molecular complexity index is 653. The topological polar surface area (TPSA) is 66.5 Å². The fourth-order valence-corrected chi connectivity index (χ4v) is 3.53. The Balaban J connectivity index is 2.41. The minimum Gasteiger partial charge on any atom is -0.355 e. The monoisotopic (exact) mass is 398 g/mol. The van der Waals surface area contributed by atoms with Crippen molar-refractivity contribution in [1.29, 1.82) is 0 Å². The van der Waals surface area contributed by atoms with Crippen LogP contribution in [-0.4, -0.2) is 50.3 Å². The molecule has 1 aromatic rings. The first-order valence-corrected chi connectivity index (χ1v) is 10.4. The summed E-state index contributed by atoms with van der Waals surface area (Å²) in [6, 6.07) is 5.11. The summed E-state index contributed by atoms with van der Waals surface area (Å²) in [6.07, 6.45) is 1.70. The zero-order chi connectivity index (χ0) is 17.6. The van der Waals surface area contributed by atoms with E-state index in [4.69, 9.17) is 23.2 Å². The zero-order valence-corrected chi connectivity index (χ0v) is 16.3. The molecule has 130 valence electrons. The van der Waals surface area contributed by atoms with Gasteiger partial charge in [0.15, 0.2) is 0 Å². The second-order valence-electron chi connectivity index (χ2n) is 5.06. The third-order valence-electron chi connectivity index (χ3n) is 3.08. The van der Waals surface area contributed by atoms with Crippen LogP contribution < -0.4 is 5.32 Å². The minimum atomic E-state index is -3.18. The van der Waals surface area contributed by atoms with Crippen molar-refractivity contribution in [2.45, 2.75) is 23.5 Å². The lowest BCUT2D eigenvalue weighted by Crippen LogP contribution is -2.34. The molecule has 0 spiro atoms. The Morgan fingerprint density at radius 3 is 2.65 bits per heavy atom. The second-order valence-corrected chi connectivity index (χ2v) is 9.38. The lowest BCUT2D eigenvalue weighted by molar-refractivity contribution is -0.120. The Morgan fingerprint density at radius 1 is 1.39 bits per heavy atom. The van der Waals surface area contributed by atoms with Gasteiger partial charge in [-0.2, -0.15) is 0 Å². The number of carbonyl (C=O) groups is 1. The van der Waals surface area contributed by atoms with Crippen molar-refractivity contribution in [2.75, 3.05) is 26.4 Å². The molecule has 9 heteroatoms. The summed E-state index contributed by atoms with van der Waals surface area (Å²) in [6.45, 7) is 2.55. The molecule has 0 unspecified atom stereocenters. The third kappa shape index (κ3) is 7.30. The van der Waals surface area contributed by atoms with Gasteiger partial charge in [-0.3, -0.25) is 4.79 Å². The van der Waals surface area contributed by atoms with Gasteiger partial charge in [-0.1, -0.05) is 23.2 Å². The van der Waals surface area contributed by atoms with Crippen LogP contribution in [0.4, 0.5) is 0 Å². The molecular weight excluding hydrogens is 379 g/mol. The molecule has 5 nitrogen and oxygen atoms in total. The molecule has 0 fully saturated rings. The maximum atomic E-state index is 12.0. The molecule has 1 atom stereocenters. The molecule has 0 aromatic heterocycles. The Labute approximate surface area is 151 Å². The number of rotatable bonds is 8. The maximum absolute atomic E-state index is 12.0. The predicted molar refractivity (Wildman–Crippen MR) is 96.9 cm³/mol. The summed E-state index contributed by atoms with van der Waals surface area (Å²) < 4.78 is 23.7. The average molecular weight is 399 g/mol. The molecule has 1 aromatic carbocycles. The van der Waals surface area contributed by atoms with Crippen LogP contribution in [0.25, 0.3) is 0 Å². The molecule has 0 saturated carbocycles. The number of sulfonamides is 1. The Kier molecular flexibility index (Phi) is 8.17. The van der Waals surface area contributed by atoms with Gasteiger partial charge in [-0.15, -0.1) is 11.8 Å². The third-order valence-corrected chi connectivity index (χ3v) is 6.23. The van der Waals surface area contributed by atoms with Crippen LogP contribution in [0.2, 0.25) is 10.0 Å². The van der Waals surface area contributed by atoms with Crippen LogP contribution in [0.15, 0.2) is 23.1 Å². The Morgan fingerprint density at radius 2 is 2.04 bits per heavy atom. The molecule has 1 N–H and O–H groups in total. The minimum absolute atomic E-state index is 0.131. The van der Waals surface area contributed by atoms with E-state index in [9.17, 15) is 13.2 Å². The number of amides is 1. The van der Waals surface area contributed by atoms with Crippen molar-refractivity contribution in [2.24, 2.45) is 0 Å². The normalized spacial score (nSPS) is 13.1. The van der Waals surface area contributed by atoms with Gasteiger partial charge in [0.25, 0.3) is 0 Å². The molecule has 0 bridgehead atoms. The van der Waals surface area contributed by atoms with Crippen LogP contribution in [0.5, 0.6) is 0 Å². The van der Waals surface area contributed by atoms with Gasteiger partial charge in [-0.25, -0.2) is 12.7 Å². The molecule has 23 heavy (non-hydrogen) atoms. The Hall–Kier alpha value is -0.470. The second kappa shape index (κ2) is 9.13. The highest BCUT2D eigenvalue weighted by molar-refractivity contribution is 8.00. The summed E-state index contributed by atoms with van der Waals surface area (Å²) in [5.41, 5.74) is 0. The number of halogens is 2. The lowest BCUT2D eigenvalue weighted by atomic mass is 10.4. The van der Waals surface area contributed by atoms with Crippen molar-refractivity contribution in [3.05, 3.63) is 28.2 Å². The molecule has 0 saturated heterocycles. The van der Waals surface area contributed by atoms with Crippen molar-refractivity contribution in [1.82, 2.24) is 9.62 Å². The summed E-state index contributed by atoms with van der Waals surface area (Å²) in [5.74, 6) is -0.131. The van der Waals surface area contributed by atoms with Gasteiger partial charge in [0.1, 0.15) is 0 Å². The van der Waals surface area contributed by atoms with E-state index in [1.807, 2.05) is 0 Å². The van der Waals surface area contributed by atoms with E-state index in [1.54, 1.807) is 25.1 Å². The van der Waals surface area contributed by atoms with Gasteiger partial charge < -0.3 is 5.32 Å². The van der Waals surface area contributed by atoms with Crippen molar-refractivity contribution in [3.8, 4) is 0 Å². The van der Waals surface area contributed by atoms with Gasteiger partial charge in [0, 0.05) is 30.1 Å². The van der Waals surface area contributed by atoms with E-state index in [-0.39, 0.29) is 11.2 Å². The van der Waals surface area contributed by atoms with E-state index in [1.165, 1.54) is 23.1 Å². The van der Waals surface area contributed by atoms with Crippen molar-refractivity contribution < 1.29 is 13.2 Å². The number of nitrogens with one attached hydrogen (secondary N) is 1. The quantitative estimate of drug-likeness (QED) is 0.539. The molecule has 1 amide bonds. The fraction of sp³-hybridized carbons (Fsp3) is 0.500. The van der Waals surface area contributed by atoms with Crippen LogP contribution >= 0.6 is 35.0 Å². The van der Waals surface area contributed by atoms with Gasteiger partial charge in [-0.05, 0) is 31.5 Å². The lowest BCUT2D eigenvalue weighted by Gasteiger charge is -2.15. The number of carbonyl (C=O) groups excluding carboxylic acids is 1.